The number of aliphatic hydroxyl groups is 6. The van der Waals surface area contributed by atoms with Gasteiger partial charge in [0.2, 0.25) is 0 Å². The molecule has 12 heteroatoms. The van der Waals surface area contributed by atoms with E-state index in [1.807, 2.05) is 9.47 Å². The molecule has 9 unspecified atom stereocenters. The minimum atomic E-state index is -1.70. The second-order valence-corrected chi connectivity index (χ2v) is 6.12. The van der Waals surface area contributed by atoms with Crippen molar-refractivity contribution in [1.82, 2.24) is 0 Å². The smallest absolute Gasteiger partial charge is 0.189 e. The zero-order valence-electron chi connectivity index (χ0n) is 13.4. The predicted molar refractivity (Wildman–Crippen MR) is 91.2 cm³/mol. The molecular formula is C13H26O10P2. The molecular weight excluding hydrogens is 378 g/mol. The van der Waals surface area contributed by atoms with E-state index in [9.17, 15) is 24.9 Å². The van der Waals surface area contributed by atoms with Crippen LogP contribution >= 0.6 is 18.9 Å². The van der Waals surface area contributed by atoms with Crippen molar-refractivity contribution in [3.05, 3.63) is 0 Å². The fourth-order valence-electron chi connectivity index (χ4n) is 2.16. The van der Waals surface area contributed by atoms with Crippen LogP contribution < -0.4 is 0 Å². The molecule has 0 bridgehead atoms. The van der Waals surface area contributed by atoms with Crippen molar-refractivity contribution in [3.8, 4) is 0 Å². The number of carbonyl (C=O) groups is 2. The van der Waals surface area contributed by atoms with Crippen molar-refractivity contribution < 1.29 is 49.3 Å². The van der Waals surface area contributed by atoms with Gasteiger partial charge in [-0.1, -0.05) is 0 Å². The molecule has 6 N–H and O–H groups in total. The van der Waals surface area contributed by atoms with Gasteiger partial charge in [0.1, 0.15) is 31.0 Å². The maximum Gasteiger partial charge on any atom is 0.189 e. The molecule has 148 valence electrons. The highest BCUT2D eigenvalue weighted by atomic mass is 31.0. The Balaban J connectivity index is 0.000000472. The number of aliphatic hydroxyl groups excluding tert-OH is 6. The lowest BCUT2D eigenvalue weighted by Gasteiger charge is -2.33. The number of hydrogen-bond acceptors (Lipinski definition) is 10. The van der Waals surface area contributed by atoms with Gasteiger partial charge in [0.05, 0.1) is 12.2 Å². The average Bonchev–Trinajstić information content (AvgIpc) is 2.61. The van der Waals surface area contributed by atoms with Crippen LogP contribution in [0, 0.1) is 5.92 Å². The Labute approximate surface area is 149 Å². The van der Waals surface area contributed by atoms with Gasteiger partial charge in [0.25, 0.3) is 0 Å². The Hall–Kier alpha value is -0.120. The fourth-order valence-corrected chi connectivity index (χ4v) is 2.55. The molecule has 0 aromatic carbocycles. The van der Waals surface area contributed by atoms with Crippen LogP contribution in [0.3, 0.4) is 0 Å². The molecule has 1 aliphatic carbocycles. The maximum atomic E-state index is 11.0. The van der Waals surface area contributed by atoms with E-state index in [4.69, 9.17) is 15.3 Å². The van der Waals surface area contributed by atoms with Gasteiger partial charge in [-0.05, 0) is 12.8 Å². The van der Waals surface area contributed by atoms with Gasteiger partial charge < -0.3 is 44.5 Å². The molecule has 10 nitrogen and oxygen atoms in total. The SMILES string of the molecule is O=CC(OP)C(O)C(O)C(=O)COP.OCC1CCC(O)C(O)C1O. The van der Waals surface area contributed by atoms with E-state index in [0.29, 0.717) is 12.8 Å². The van der Waals surface area contributed by atoms with E-state index in [1.165, 1.54) is 0 Å². The molecule has 9 atom stereocenters. The van der Waals surface area contributed by atoms with Crippen molar-refractivity contribution >= 4 is 31.0 Å². The largest absolute Gasteiger partial charge is 0.396 e. The molecule has 0 aliphatic heterocycles. The average molecular weight is 404 g/mol. The number of carbonyl (C=O) groups excluding carboxylic acids is 2. The normalized spacial score (nSPS) is 29.8. The number of ketones is 1. The van der Waals surface area contributed by atoms with E-state index in [2.05, 4.69) is 9.05 Å². The Bertz CT molecular complexity index is 397. The molecule has 0 aromatic rings. The Morgan fingerprint density at radius 3 is 2.20 bits per heavy atom. The molecule has 0 spiro atoms. The third-order valence-corrected chi connectivity index (χ3v) is 4.28. The van der Waals surface area contributed by atoms with Crippen LogP contribution in [0.4, 0.5) is 0 Å². The second-order valence-electron chi connectivity index (χ2n) is 5.52. The topological polar surface area (TPSA) is 174 Å². The van der Waals surface area contributed by atoms with Crippen LogP contribution in [0.1, 0.15) is 12.8 Å². The molecule has 0 heterocycles. The monoisotopic (exact) mass is 404 g/mol. The van der Waals surface area contributed by atoms with E-state index in [0.717, 1.165) is 0 Å². The summed E-state index contributed by atoms with van der Waals surface area (Å²) in [5.41, 5.74) is 0. The summed E-state index contributed by atoms with van der Waals surface area (Å²) in [6, 6.07) is 0. The van der Waals surface area contributed by atoms with Crippen LogP contribution in [0.5, 0.6) is 0 Å². The third kappa shape index (κ3) is 7.97. The van der Waals surface area contributed by atoms with Gasteiger partial charge in [0, 0.05) is 31.5 Å². The number of hydrogen-bond donors (Lipinski definition) is 6. The summed E-state index contributed by atoms with van der Waals surface area (Å²) >= 11 is 0. The fraction of sp³-hybridized carbons (Fsp3) is 0.846. The highest BCUT2D eigenvalue weighted by Crippen LogP contribution is 2.24. The van der Waals surface area contributed by atoms with Crippen LogP contribution in [0.2, 0.25) is 0 Å². The molecule has 0 saturated heterocycles. The van der Waals surface area contributed by atoms with Crippen molar-refractivity contribution in [2.45, 2.75) is 49.5 Å². The maximum absolute atomic E-state index is 11.0. The Morgan fingerprint density at radius 1 is 1.16 bits per heavy atom. The van der Waals surface area contributed by atoms with Gasteiger partial charge in [-0.15, -0.1) is 0 Å². The molecule has 1 fully saturated rings. The first-order chi connectivity index (χ1) is 11.7. The zero-order chi connectivity index (χ0) is 19.6. The van der Waals surface area contributed by atoms with Gasteiger partial charge >= 0.3 is 0 Å². The molecule has 0 amide bonds. The third-order valence-electron chi connectivity index (χ3n) is 3.80. The van der Waals surface area contributed by atoms with Crippen LogP contribution in [-0.4, -0.2) is 92.5 Å². The molecule has 1 rings (SSSR count). The Morgan fingerprint density at radius 2 is 1.76 bits per heavy atom. The lowest BCUT2D eigenvalue weighted by atomic mass is 9.83. The lowest BCUT2D eigenvalue weighted by Crippen LogP contribution is -2.47. The number of Topliss-reactive ketones (excluding diaryl/α,β-unsaturated/α-hetero) is 1. The molecule has 0 radical (unpaired) electrons. The first-order valence-electron chi connectivity index (χ1n) is 7.41. The first-order valence-corrected chi connectivity index (χ1v) is 8.35. The van der Waals surface area contributed by atoms with Crippen molar-refractivity contribution in [2.75, 3.05) is 13.2 Å². The highest BCUT2D eigenvalue weighted by Gasteiger charge is 2.35. The van der Waals surface area contributed by atoms with E-state index >= 15 is 0 Å². The summed E-state index contributed by atoms with van der Waals surface area (Å²) in [4.78, 5) is 21.3. The van der Waals surface area contributed by atoms with Gasteiger partial charge in [0.15, 0.2) is 12.1 Å². The zero-order valence-corrected chi connectivity index (χ0v) is 15.7. The molecule has 1 aliphatic rings. The number of rotatable bonds is 8. The highest BCUT2D eigenvalue weighted by molar-refractivity contribution is 7.10. The van der Waals surface area contributed by atoms with Gasteiger partial charge in [-0.3, -0.25) is 4.79 Å². The lowest BCUT2D eigenvalue weighted by molar-refractivity contribution is -0.140. The summed E-state index contributed by atoms with van der Waals surface area (Å²) in [6.07, 6.45) is -6.18. The van der Waals surface area contributed by atoms with E-state index < -0.39 is 42.4 Å². The van der Waals surface area contributed by atoms with E-state index in [1.54, 1.807) is 9.47 Å². The molecule has 0 aromatic heterocycles. The summed E-state index contributed by atoms with van der Waals surface area (Å²) in [7, 11) is 3.59. The predicted octanol–water partition coefficient (Wildman–Crippen LogP) is -3.07. The second kappa shape index (κ2) is 13.1. The van der Waals surface area contributed by atoms with Crippen molar-refractivity contribution in [2.24, 2.45) is 5.92 Å². The molecule has 1 saturated carbocycles. The Kier molecular flexibility index (Phi) is 13.0. The van der Waals surface area contributed by atoms with Crippen LogP contribution in [-0.2, 0) is 18.6 Å². The standard InChI is InChI=1S/C7H14O4.C6H12O6P2/c8-3-4-1-2-5(9)7(11)6(4)10;7-1-4(12-14)6(10)5(9)3(8)2-11-13/h4-11H,1-3H2;1,4-6,9-10H,2,13-14H2. The van der Waals surface area contributed by atoms with Gasteiger partial charge in [-0.2, -0.15) is 0 Å². The van der Waals surface area contributed by atoms with Gasteiger partial charge in [-0.25, -0.2) is 0 Å². The minimum absolute atomic E-state index is 0.134. The first kappa shape index (κ1) is 24.9. The van der Waals surface area contributed by atoms with Crippen LogP contribution in [0.15, 0.2) is 0 Å². The quantitative estimate of drug-likeness (QED) is 0.180. The number of aldehydes is 1. The van der Waals surface area contributed by atoms with E-state index in [-0.39, 0.29) is 25.4 Å². The molecule has 25 heavy (non-hydrogen) atoms. The summed E-state index contributed by atoms with van der Waals surface area (Å²) in [5.74, 6) is -1.02. The van der Waals surface area contributed by atoms with Crippen LogP contribution in [0.25, 0.3) is 0 Å². The summed E-state index contributed by atoms with van der Waals surface area (Å²) in [5, 5.41) is 54.6. The minimum Gasteiger partial charge on any atom is -0.396 e. The summed E-state index contributed by atoms with van der Waals surface area (Å²) < 4.78 is 8.83. The van der Waals surface area contributed by atoms with Crippen molar-refractivity contribution in [3.63, 3.8) is 0 Å². The summed E-state index contributed by atoms with van der Waals surface area (Å²) in [6.45, 7) is -0.504. The van der Waals surface area contributed by atoms with Crippen molar-refractivity contribution in [1.29, 1.82) is 0 Å².